The van der Waals surface area contributed by atoms with E-state index in [2.05, 4.69) is 28.9 Å². The third-order valence-electron chi connectivity index (χ3n) is 6.74. The Morgan fingerprint density at radius 1 is 1.19 bits per heavy atom. The molecule has 4 rings (SSSR count). The Labute approximate surface area is 134 Å². The maximum absolute atomic E-state index is 10.4. The number of phenols is 1. The average molecular weight is 351 g/mol. The molecule has 0 radical (unpaired) electrons. The maximum atomic E-state index is 10.4. The number of fused-ring (bicyclic) bond motifs is 5. The SMILES string of the molecule is C[C@]12CCC3c4cc(Br)c(O)cc4CCC3C1CC[C@@H]2O. The largest absolute Gasteiger partial charge is 0.507 e. The third kappa shape index (κ3) is 1.93. The van der Waals surface area contributed by atoms with E-state index in [-0.39, 0.29) is 11.5 Å². The van der Waals surface area contributed by atoms with Crippen LogP contribution in [0.4, 0.5) is 0 Å². The molecule has 3 aliphatic carbocycles. The van der Waals surface area contributed by atoms with Crippen LogP contribution in [0.1, 0.15) is 56.1 Å². The lowest BCUT2D eigenvalue weighted by Gasteiger charge is -2.50. The fourth-order valence-electron chi connectivity index (χ4n) is 5.55. The fraction of sp³-hybridized carbons (Fsp3) is 0.667. The van der Waals surface area contributed by atoms with Gasteiger partial charge in [0.15, 0.2) is 0 Å². The van der Waals surface area contributed by atoms with Crippen LogP contribution in [0, 0.1) is 17.3 Å². The molecule has 2 N–H and O–H groups in total. The summed E-state index contributed by atoms with van der Waals surface area (Å²) in [5, 5.41) is 20.3. The van der Waals surface area contributed by atoms with E-state index in [0.717, 1.165) is 23.7 Å². The van der Waals surface area contributed by atoms with E-state index in [1.54, 1.807) is 0 Å². The Balaban J connectivity index is 1.73. The molecule has 0 amide bonds. The summed E-state index contributed by atoms with van der Waals surface area (Å²) in [5.74, 6) is 2.37. The molecule has 2 saturated carbocycles. The van der Waals surface area contributed by atoms with Crippen molar-refractivity contribution in [2.45, 2.75) is 57.5 Å². The van der Waals surface area contributed by atoms with Crippen molar-refractivity contribution in [3.63, 3.8) is 0 Å². The molecule has 2 fully saturated rings. The van der Waals surface area contributed by atoms with Gasteiger partial charge in [0.25, 0.3) is 0 Å². The predicted octanol–water partition coefficient (Wildman–Crippen LogP) is 4.37. The number of aliphatic hydroxyl groups excluding tert-OH is 1. The van der Waals surface area contributed by atoms with Crippen LogP contribution in [0.15, 0.2) is 16.6 Å². The fourth-order valence-corrected chi connectivity index (χ4v) is 5.91. The van der Waals surface area contributed by atoms with Crippen LogP contribution in [0.25, 0.3) is 0 Å². The van der Waals surface area contributed by atoms with Gasteiger partial charge in [0.2, 0.25) is 0 Å². The summed E-state index contributed by atoms with van der Waals surface area (Å²) in [5.41, 5.74) is 2.92. The number of halogens is 1. The first-order valence-electron chi connectivity index (χ1n) is 8.20. The van der Waals surface area contributed by atoms with Gasteiger partial charge in [-0.2, -0.15) is 0 Å². The molecule has 21 heavy (non-hydrogen) atoms. The number of hydrogen-bond donors (Lipinski definition) is 2. The number of phenolic OH excluding ortho intramolecular Hbond substituents is 1. The molecule has 114 valence electrons. The highest BCUT2D eigenvalue weighted by Crippen LogP contribution is 2.61. The third-order valence-corrected chi connectivity index (χ3v) is 7.38. The van der Waals surface area contributed by atoms with Crippen LogP contribution in [0.5, 0.6) is 5.75 Å². The smallest absolute Gasteiger partial charge is 0.130 e. The van der Waals surface area contributed by atoms with E-state index in [1.807, 2.05) is 6.07 Å². The van der Waals surface area contributed by atoms with Crippen LogP contribution in [-0.2, 0) is 6.42 Å². The maximum Gasteiger partial charge on any atom is 0.130 e. The van der Waals surface area contributed by atoms with E-state index in [1.165, 1.54) is 30.4 Å². The summed E-state index contributed by atoms with van der Waals surface area (Å²) in [6, 6.07) is 4.10. The minimum Gasteiger partial charge on any atom is -0.507 e. The Morgan fingerprint density at radius 2 is 2.00 bits per heavy atom. The Kier molecular flexibility index (Phi) is 3.17. The Bertz CT molecular complexity index is 585. The van der Waals surface area contributed by atoms with Gasteiger partial charge in [0, 0.05) is 0 Å². The lowest BCUT2D eigenvalue weighted by atomic mass is 9.55. The number of aromatic hydroxyl groups is 1. The Morgan fingerprint density at radius 3 is 2.81 bits per heavy atom. The zero-order chi connectivity index (χ0) is 14.8. The minimum absolute atomic E-state index is 0.101. The van der Waals surface area contributed by atoms with Crippen LogP contribution in [-0.4, -0.2) is 16.3 Å². The van der Waals surface area contributed by atoms with Gasteiger partial charge in [-0.1, -0.05) is 6.92 Å². The first kappa shape index (κ1) is 14.1. The van der Waals surface area contributed by atoms with Crippen molar-refractivity contribution in [1.29, 1.82) is 0 Å². The predicted molar refractivity (Wildman–Crippen MR) is 86.4 cm³/mol. The zero-order valence-electron chi connectivity index (χ0n) is 12.5. The molecular weight excluding hydrogens is 328 g/mol. The first-order chi connectivity index (χ1) is 10.0. The highest BCUT2D eigenvalue weighted by molar-refractivity contribution is 9.10. The summed E-state index contributed by atoms with van der Waals surface area (Å²) in [4.78, 5) is 0. The highest BCUT2D eigenvalue weighted by atomic mass is 79.9. The molecule has 1 aromatic carbocycles. The first-order valence-corrected chi connectivity index (χ1v) is 8.99. The number of aryl methyl sites for hydroxylation is 1. The van der Waals surface area contributed by atoms with E-state index in [9.17, 15) is 10.2 Å². The molecule has 1 aromatic rings. The van der Waals surface area contributed by atoms with E-state index >= 15 is 0 Å². The summed E-state index contributed by atoms with van der Waals surface area (Å²) in [6.07, 6.45) is 6.67. The van der Waals surface area contributed by atoms with Crippen molar-refractivity contribution in [3.8, 4) is 5.75 Å². The quantitative estimate of drug-likeness (QED) is 0.729. The number of hydrogen-bond acceptors (Lipinski definition) is 2. The van der Waals surface area contributed by atoms with Crippen LogP contribution in [0.2, 0.25) is 0 Å². The van der Waals surface area contributed by atoms with Gasteiger partial charge in [-0.25, -0.2) is 0 Å². The second kappa shape index (κ2) is 4.73. The number of aliphatic hydroxyl groups is 1. The lowest BCUT2D eigenvalue weighted by molar-refractivity contribution is -0.0226. The molecule has 0 heterocycles. The summed E-state index contributed by atoms with van der Waals surface area (Å²) < 4.78 is 0.821. The molecule has 0 aliphatic heterocycles. The van der Waals surface area contributed by atoms with Crippen LogP contribution < -0.4 is 0 Å². The van der Waals surface area contributed by atoms with Crippen LogP contribution >= 0.6 is 15.9 Å². The van der Waals surface area contributed by atoms with Gasteiger partial charge in [0.1, 0.15) is 5.75 Å². The molecule has 2 nitrogen and oxygen atoms in total. The molecule has 0 bridgehead atoms. The summed E-state index contributed by atoms with van der Waals surface area (Å²) >= 11 is 3.48. The van der Waals surface area contributed by atoms with E-state index < -0.39 is 0 Å². The van der Waals surface area contributed by atoms with Crippen molar-refractivity contribution < 1.29 is 10.2 Å². The lowest BCUT2D eigenvalue weighted by Crippen LogP contribution is -2.43. The molecule has 3 heteroatoms. The molecule has 3 unspecified atom stereocenters. The van der Waals surface area contributed by atoms with Gasteiger partial charge >= 0.3 is 0 Å². The highest BCUT2D eigenvalue weighted by Gasteiger charge is 2.54. The molecule has 0 spiro atoms. The average Bonchev–Trinajstić information content (AvgIpc) is 2.76. The van der Waals surface area contributed by atoms with Gasteiger partial charge in [-0.05, 0) is 101 Å². The Hall–Kier alpha value is -0.540. The van der Waals surface area contributed by atoms with Crippen molar-refractivity contribution in [2.75, 3.05) is 0 Å². The number of rotatable bonds is 0. The van der Waals surface area contributed by atoms with Gasteiger partial charge in [-0.15, -0.1) is 0 Å². The summed E-state index contributed by atoms with van der Waals surface area (Å²) in [6.45, 7) is 2.31. The molecular formula is C18H23BrO2. The molecule has 0 saturated heterocycles. The zero-order valence-corrected chi connectivity index (χ0v) is 14.1. The van der Waals surface area contributed by atoms with Gasteiger partial charge < -0.3 is 10.2 Å². The van der Waals surface area contributed by atoms with E-state index in [0.29, 0.717) is 23.5 Å². The second-order valence-corrected chi connectivity index (χ2v) is 8.41. The van der Waals surface area contributed by atoms with Gasteiger partial charge in [-0.3, -0.25) is 0 Å². The molecule has 5 atom stereocenters. The summed E-state index contributed by atoms with van der Waals surface area (Å²) in [7, 11) is 0. The van der Waals surface area contributed by atoms with Gasteiger partial charge in [0.05, 0.1) is 10.6 Å². The molecule has 0 aromatic heterocycles. The monoisotopic (exact) mass is 350 g/mol. The van der Waals surface area contributed by atoms with Crippen molar-refractivity contribution in [1.82, 2.24) is 0 Å². The normalized spacial score (nSPS) is 41.3. The number of benzene rings is 1. The molecule has 3 aliphatic rings. The van der Waals surface area contributed by atoms with E-state index in [4.69, 9.17) is 0 Å². The standard InChI is InChI=1S/C18H23BrO2/c1-18-7-6-11-12(14(18)4-5-17(18)21)3-2-10-8-16(20)15(19)9-13(10)11/h8-9,11-12,14,17,20-21H,2-7H2,1H3/t11?,12?,14?,17-,18-/m0/s1. The van der Waals surface area contributed by atoms with Crippen LogP contribution in [0.3, 0.4) is 0 Å². The topological polar surface area (TPSA) is 40.5 Å². The van der Waals surface area contributed by atoms with Crippen molar-refractivity contribution in [2.24, 2.45) is 17.3 Å². The van der Waals surface area contributed by atoms with Crippen molar-refractivity contribution in [3.05, 3.63) is 27.7 Å². The van der Waals surface area contributed by atoms with Crippen molar-refractivity contribution >= 4 is 15.9 Å². The minimum atomic E-state index is -0.101. The second-order valence-electron chi connectivity index (χ2n) is 7.56.